The Labute approximate surface area is 186 Å². The van der Waals surface area contributed by atoms with E-state index >= 15 is 0 Å². The van der Waals surface area contributed by atoms with Crippen molar-refractivity contribution in [2.24, 2.45) is 22.2 Å². The van der Waals surface area contributed by atoms with Gasteiger partial charge in [-0.15, -0.1) is 9.81 Å². The second-order valence-corrected chi connectivity index (χ2v) is 7.76. The van der Waals surface area contributed by atoms with Crippen molar-refractivity contribution in [3.05, 3.63) is 75.6 Å². The standard InChI is InChI=1S/C25H24N2O5/c1-32-25-16-19(7-12-22(25)27-31)9-14-24(29)21(15-18-3-2-4-18)23(28)13-8-17-5-10-20(26-30)11-6-17/h5-14,16,18,21H,2-4,15H2,1H3/b13-8+,14-9+. The topological polar surface area (TPSA) is 102 Å². The lowest BCUT2D eigenvalue weighted by Crippen LogP contribution is -2.26. The van der Waals surface area contributed by atoms with Gasteiger partial charge in [0.05, 0.1) is 13.0 Å². The van der Waals surface area contributed by atoms with E-state index in [0.29, 0.717) is 29.3 Å². The minimum atomic E-state index is -0.749. The van der Waals surface area contributed by atoms with E-state index in [1.54, 1.807) is 48.6 Å². The van der Waals surface area contributed by atoms with Gasteiger partial charge in [0, 0.05) is 0 Å². The predicted molar refractivity (Wildman–Crippen MR) is 124 cm³/mol. The van der Waals surface area contributed by atoms with Crippen LogP contribution < -0.4 is 4.74 Å². The summed E-state index contributed by atoms with van der Waals surface area (Å²) in [5.41, 5.74) is 1.89. The largest absolute Gasteiger partial charge is 0.494 e. The first kappa shape index (κ1) is 22.9. The fourth-order valence-electron chi connectivity index (χ4n) is 3.54. The molecule has 1 aliphatic rings. The lowest BCUT2D eigenvalue weighted by molar-refractivity contribution is -0.128. The van der Waals surface area contributed by atoms with Gasteiger partial charge in [-0.1, -0.05) is 49.6 Å². The predicted octanol–water partition coefficient (Wildman–Crippen LogP) is 6.16. The van der Waals surface area contributed by atoms with Gasteiger partial charge in [-0.3, -0.25) is 9.59 Å². The highest BCUT2D eigenvalue weighted by Crippen LogP contribution is 2.33. The third kappa shape index (κ3) is 5.91. The first-order valence-corrected chi connectivity index (χ1v) is 10.4. The van der Waals surface area contributed by atoms with Crippen LogP contribution >= 0.6 is 0 Å². The maximum Gasteiger partial charge on any atom is 0.166 e. The van der Waals surface area contributed by atoms with Crippen LogP contribution in [0.15, 0.2) is 65.0 Å². The number of ketones is 2. The van der Waals surface area contributed by atoms with Crippen molar-refractivity contribution in [3.63, 3.8) is 0 Å². The molecule has 3 rings (SSSR count). The summed E-state index contributed by atoms with van der Waals surface area (Å²) in [6, 6.07) is 11.3. The van der Waals surface area contributed by atoms with Gasteiger partial charge in [0.1, 0.15) is 17.1 Å². The molecule has 7 heteroatoms. The minimum Gasteiger partial charge on any atom is -0.494 e. The highest BCUT2D eigenvalue weighted by molar-refractivity contribution is 6.13. The van der Waals surface area contributed by atoms with Crippen LogP contribution in [0.2, 0.25) is 0 Å². The fraction of sp³-hybridized carbons (Fsp3) is 0.280. The Hall–Kier alpha value is -3.74. The Morgan fingerprint density at radius 2 is 1.59 bits per heavy atom. The number of rotatable bonds is 11. The molecule has 0 bridgehead atoms. The molecule has 0 aliphatic heterocycles. The van der Waals surface area contributed by atoms with Crippen molar-refractivity contribution in [1.82, 2.24) is 0 Å². The Balaban J connectivity index is 1.74. The fourth-order valence-corrected chi connectivity index (χ4v) is 3.54. The highest BCUT2D eigenvalue weighted by atomic mass is 16.5. The summed E-state index contributed by atoms with van der Waals surface area (Å²) in [4.78, 5) is 47.1. The normalized spacial score (nSPS) is 14.8. The number of ether oxygens (including phenoxy) is 1. The number of nitrogens with zero attached hydrogens (tertiary/aromatic N) is 2. The van der Waals surface area contributed by atoms with Crippen LogP contribution in [-0.2, 0) is 9.59 Å². The summed E-state index contributed by atoms with van der Waals surface area (Å²) in [6.07, 6.45) is 9.78. The summed E-state index contributed by atoms with van der Waals surface area (Å²) in [5.74, 6) is -0.562. The molecule has 1 atom stereocenters. The maximum absolute atomic E-state index is 12.9. The summed E-state index contributed by atoms with van der Waals surface area (Å²) in [6.45, 7) is 0. The molecule has 0 N–H and O–H groups in total. The van der Waals surface area contributed by atoms with Crippen molar-refractivity contribution >= 4 is 35.1 Å². The lowest BCUT2D eigenvalue weighted by atomic mass is 9.76. The van der Waals surface area contributed by atoms with E-state index in [9.17, 15) is 19.4 Å². The number of nitroso groups, excluding NO2 is 2. The van der Waals surface area contributed by atoms with Gasteiger partial charge in [-0.05, 0) is 70.2 Å². The molecule has 2 aromatic rings. The molecule has 0 amide bonds. The summed E-state index contributed by atoms with van der Waals surface area (Å²) in [7, 11) is 1.44. The third-order valence-corrected chi connectivity index (χ3v) is 5.66. The van der Waals surface area contributed by atoms with E-state index in [1.807, 2.05) is 0 Å². The van der Waals surface area contributed by atoms with Gasteiger partial charge in [0.25, 0.3) is 0 Å². The van der Waals surface area contributed by atoms with Crippen molar-refractivity contribution < 1.29 is 14.3 Å². The quantitative estimate of drug-likeness (QED) is 0.240. The van der Waals surface area contributed by atoms with Gasteiger partial charge in [-0.25, -0.2) is 0 Å². The highest BCUT2D eigenvalue weighted by Gasteiger charge is 2.29. The van der Waals surface area contributed by atoms with Gasteiger partial charge in [-0.2, -0.15) is 0 Å². The second-order valence-electron chi connectivity index (χ2n) is 7.76. The van der Waals surface area contributed by atoms with Gasteiger partial charge in [0.15, 0.2) is 11.6 Å². The molecular weight excluding hydrogens is 408 g/mol. The van der Waals surface area contributed by atoms with Gasteiger partial charge in [0.2, 0.25) is 0 Å². The first-order valence-electron chi connectivity index (χ1n) is 10.4. The van der Waals surface area contributed by atoms with E-state index in [2.05, 4.69) is 10.4 Å². The Morgan fingerprint density at radius 3 is 2.12 bits per heavy atom. The van der Waals surface area contributed by atoms with Crippen LogP contribution in [0.3, 0.4) is 0 Å². The molecule has 1 saturated carbocycles. The molecule has 7 nitrogen and oxygen atoms in total. The molecular formula is C25H24N2O5. The van der Waals surface area contributed by atoms with E-state index in [-0.39, 0.29) is 17.3 Å². The van der Waals surface area contributed by atoms with Gasteiger partial charge >= 0.3 is 0 Å². The first-order chi connectivity index (χ1) is 15.5. The molecule has 1 aliphatic carbocycles. The summed E-state index contributed by atoms with van der Waals surface area (Å²) >= 11 is 0. The monoisotopic (exact) mass is 432 g/mol. The molecule has 0 heterocycles. The Bertz CT molecular complexity index is 1050. The lowest BCUT2D eigenvalue weighted by Gasteiger charge is -2.27. The maximum atomic E-state index is 12.9. The zero-order valence-corrected chi connectivity index (χ0v) is 17.8. The summed E-state index contributed by atoms with van der Waals surface area (Å²) < 4.78 is 5.13. The Morgan fingerprint density at radius 1 is 0.969 bits per heavy atom. The molecule has 32 heavy (non-hydrogen) atoms. The van der Waals surface area contributed by atoms with Crippen LogP contribution in [0, 0.1) is 21.6 Å². The van der Waals surface area contributed by atoms with E-state index in [0.717, 1.165) is 24.8 Å². The molecule has 164 valence electrons. The second kappa shape index (κ2) is 11.0. The number of methoxy groups -OCH3 is 1. The molecule has 0 radical (unpaired) electrons. The zero-order chi connectivity index (χ0) is 22.9. The minimum absolute atomic E-state index is 0.177. The number of hydrogen-bond donors (Lipinski definition) is 0. The SMILES string of the molecule is COc1cc(/C=C/C(=O)C(CC2CCC2)C(=O)/C=C/c2ccc(N=O)cc2)ccc1N=O. The number of carbonyl (C=O) groups is 2. The molecule has 0 saturated heterocycles. The van der Waals surface area contributed by atoms with Crippen molar-refractivity contribution in [2.75, 3.05) is 7.11 Å². The number of hydrogen-bond acceptors (Lipinski definition) is 7. The van der Waals surface area contributed by atoms with Crippen LogP contribution in [0.25, 0.3) is 12.2 Å². The molecule has 1 fully saturated rings. The Kier molecular flexibility index (Phi) is 7.91. The smallest absolute Gasteiger partial charge is 0.166 e. The van der Waals surface area contributed by atoms with Crippen LogP contribution in [0.1, 0.15) is 36.8 Å². The van der Waals surface area contributed by atoms with Crippen molar-refractivity contribution in [2.45, 2.75) is 25.7 Å². The zero-order valence-electron chi connectivity index (χ0n) is 17.8. The summed E-state index contributed by atoms with van der Waals surface area (Å²) in [5, 5.41) is 5.74. The third-order valence-electron chi connectivity index (χ3n) is 5.66. The van der Waals surface area contributed by atoms with Crippen LogP contribution in [0.5, 0.6) is 5.75 Å². The number of allylic oxidation sites excluding steroid dienone is 2. The average Bonchev–Trinajstić information content (AvgIpc) is 2.80. The van der Waals surface area contributed by atoms with Crippen LogP contribution in [-0.4, -0.2) is 18.7 Å². The molecule has 2 aromatic carbocycles. The van der Waals surface area contributed by atoms with E-state index < -0.39 is 5.92 Å². The average molecular weight is 432 g/mol. The van der Waals surface area contributed by atoms with E-state index in [1.165, 1.54) is 25.3 Å². The van der Waals surface area contributed by atoms with Crippen molar-refractivity contribution in [3.8, 4) is 5.75 Å². The van der Waals surface area contributed by atoms with E-state index in [4.69, 9.17) is 4.74 Å². The van der Waals surface area contributed by atoms with Gasteiger partial charge < -0.3 is 4.74 Å². The molecule has 0 spiro atoms. The number of benzene rings is 2. The number of carbonyl (C=O) groups excluding carboxylic acids is 2. The van der Waals surface area contributed by atoms with Crippen LogP contribution in [0.4, 0.5) is 11.4 Å². The molecule has 0 aromatic heterocycles. The molecule has 1 unspecified atom stereocenters. The van der Waals surface area contributed by atoms with Crippen molar-refractivity contribution in [1.29, 1.82) is 0 Å².